The maximum Gasteiger partial charge on any atom is 0.0332 e. The van der Waals surface area contributed by atoms with Gasteiger partial charge in [-0.15, -0.1) is 11.3 Å². The van der Waals surface area contributed by atoms with Crippen LogP contribution in [0.25, 0.3) is 0 Å². The number of nitrogens with zero attached hydrogens (tertiary/aromatic N) is 1. The third kappa shape index (κ3) is 3.46. The van der Waals surface area contributed by atoms with Crippen molar-refractivity contribution < 1.29 is 0 Å². The molecule has 2 heterocycles. The fourth-order valence-electron chi connectivity index (χ4n) is 3.32. The zero-order valence-corrected chi connectivity index (χ0v) is 14.8. The molecule has 1 aliphatic carbocycles. The third-order valence-electron chi connectivity index (χ3n) is 4.96. The predicted octanol–water partition coefficient (Wildman–Crippen LogP) is 4.11. The van der Waals surface area contributed by atoms with Gasteiger partial charge in [0, 0.05) is 46.4 Å². The fourth-order valence-corrected chi connectivity index (χ4v) is 4.80. The van der Waals surface area contributed by atoms with E-state index >= 15 is 0 Å². The topological polar surface area (TPSA) is 15.3 Å². The van der Waals surface area contributed by atoms with Crippen molar-refractivity contribution in [3.8, 4) is 0 Å². The van der Waals surface area contributed by atoms with Crippen molar-refractivity contribution in [1.82, 2.24) is 10.2 Å². The van der Waals surface area contributed by atoms with Gasteiger partial charge in [0.05, 0.1) is 0 Å². The smallest absolute Gasteiger partial charge is 0.0332 e. The molecule has 1 saturated heterocycles. The second-order valence-corrected chi connectivity index (χ2v) is 8.38. The quantitative estimate of drug-likeness (QED) is 0.853. The van der Waals surface area contributed by atoms with Crippen LogP contribution >= 0.6 is 27.3 Å². The molecule has 3 rings (SSSR count). The molecular weight excluding hydrogens is 332 g/mol. The lowest BCUT2D eigenvalue weighted by Crippen LogP contribution is -2.58. The van der Waals surface area contributed by atoms with Crippen LogP contribution in [0.2, 0.25) is 0 Å². The Labute approximate surface area is 135 Å². The fraction of sp³-hybridized carbons (Fsp3) is 0.750. The summed E-state index contributed by atoms with van der Waals surface area (Å²) in [5, 5.41) is 6.02. The molecule has 1 aromatic rings. The summed E-state index contributed by atoms with van der Waals surface area (Å²) in [7, 11) is 0. The Kier molecular flexibility index (Phi) is 4.86. The van der Waals surface area contributed by atoms with Crippen molar-refractivity contribution in [2.75, 3.05) is 13.1 Å². The molecule has 4 heteroatoms. The summed E-state index contributed by atoms with van der Waals surface area (Å²) >= 11 is 5.46. The van der Waals surface area contributed by atoms with Gasteiger partial charge in [-0.1, -0.05) is 20.3 Å². The number of halogens is 1. The van der Waals surface area contributed by atoms with Crippen molar-refractivity contribution in [1.29, 1.82) is 0 Å². The van der Waals surface area contributed by atoms with Crippen LogP contribution in [0.3, 0.4) is 0 Å². The van der Waals surface area contributed by atoms with Crippen LogP contribution in [0.15, 0.2) is 15.9 Å². The summed E-state index contributed by atoms with van der Waals surface area (Å²) in [5.41, 5.74) is 0. The van der Waals surface area contributed by atoms with E-state index in [2.05, 4.69) is 51.4 Å². The van der Waals surface area contributed by atoms with E-state index in [4.69, 9.17) is 0 Å². The van der Waals surface area contributed by atoms with Crippen molar-refractivity contribution >= 4 is 27.3 Å². The van der Waals surface area contributed by atoms with E-state index in [0.29, 0.717) is 6.04 Å². The molecule has 1 N–H and O–H groups in total. The van der Waals surface area contributed by atoms with Gasteiger partial charge >= 0.3 is 0 Å². The van der Waals surface area contributed by atoms with E-state index < -0.39 is 0 Å². The van der Waals surface area contributed by atoms with Crippen molar-refractivity contribution in [2.45, 2.75) is 51.7 Å². The first-order valence-electron chi connectivity index (χ1n) is 7.87. The first-order chi connectivity index (χ1) is 9.67. The molecular formula is C16H25BrN2S. The van der Waals surface area contributed by atoms with E-state index in [0.717, 1.165) is 24.4 Å². The highest BCUT2D eigenvalue weighted by atomic mass is 79.9. The average Bonchev–Trinajstić information content (AvgIpc) is 3.22. The molecule has 2 aliphatic rings. The van der Waals surface area contributed by atoms with Gasteiger partial charge in [-0.2, -0.15) is 0 Å². The monoisotopic (exact) mass is 356 g/mol. The van der Waals surface area contributed by atoms with Crippen LogP contribution in [0.1, 0.15) is 38.0 Å². The van der Waals surface area contributed by atoms with Gasteiger partial charge < -0.3 is 5.32 Å². The second-order valence-electron chi connectivity index (χ2n) is 6.47. The Balaban J connectivity index is 1.69. The Morgan fingerprint density at radius 3 is 2.90 bits per heavy atom. The SMILES string of the molecule is CCC(C)C1CNC(C2CC2)CN1Cc1cc(Br)cs1. The van der Waals surface area contributed by atoms with Crippen LogP contribution < -0.4 is 5.32 Å². The number of rotatable bonds is 5. The highest BCUT2D eigenvalue weighted by Gasteiger charge is 2.38. The van der Waals surface area contributed by atoms with E-state index in [-0.39, 0.29) is 0 Å². The van der Waals surface area contributed by atoms with Crippen LogP contribution in [0.5, 0.6) is 0 Å². The van der Waals surface area contributed by atoms with Crippen molar-refractivity contribution in [3.05, 3.63) is 20.8 Å². The van der Waals surface area contributed by atoms with Crippen LogP contribution in [-0.4, -0.2) is 30.1 Å². The van der Waals surface area contributed by atoms with Gasteiger partial charge in [0.2, 0.25) is 0 Å². The minimum Gasteiger partial charge on any atom is -0.311 e. The second kappa shape index (κ2) is 6.47. The summed E-state index contributed by atoms with van der Waals surface area (Å²) in [4.78, 5) is 4.23. The summed E-state index contributed by atoms with van der Waals surface area (Å²) < 4.78 is 1.23. The standard InChI is InChI=1S/C16H25BrN2S/c1-3-11(2)16-7-18-15(12-4-5-12)9-19(16)8-14-6-13(17)10-20-14/h6,10-12,15-16,18H,3-5,7-9H2,1-2H3. The zero-order chi connectivity index (χ0) is 14.1. The molecule has 2 fully saturated rings. The van der Waals surface area contributed by atoms with Crippen molar-refractivity contribution in [3.63, 3.8) is 0 Å². The zero-order valence-electron chi connectivity index (χ0n) is 12.4. The lowest BCUT2D eigenvalue weighted by molar-refractivity contribution is 0.0796. The van der Waals surface area contributed by atoms with Gasteiger partial charge in [-0.05, 0) is 46.7 Å². The maximum absolute atomic E-state index is 3.82. The predicted molar refractivity (Wildman–Crippen MR) is 90.2 cm³/mol. The van der Waals surface area contributed by atoms with Gasteiger partial charge in [0.1, 0.15) is 0 Å². The first kappa shape index (κ1) is 15.0. The minimum atomic E-state index is 0.691. The average molecular weight is 357 g/mol. The highest BCUT2D eigenvalue weighted by molar-refractivity contribution is 9.10. The highest BCUT2D eigenvalue weighted by Crippen LogP contribution is 2.35. The summed E-state index contributed by atoms with van der Waals surface area (Å²) in [6, 6.07) is 3.71. The van der Waals surface area contributed by atoms with Gasteiger partial charge in [0.25, 0.3) is 0 Å². The number of hydrogen-bond donors (Lipinski definition) is 1. The third-order valence-corrected chi connectivity index (χ3v) is 6.64. The Bertz CT molecular complexity index is 443. The Morgan fingerprint density at radius 1 is 1.50 bits per heavy atom. The molecule has 3 unspecified atom stereocenters. The molecule has 0 radical (unpaired) electrons. The van der Waals surface area contributed by atoms with Crippen LogP contribution in [0.4, 0.5) is 0 Å². The molecule has 0 aromatic carbocycles. The van der Waals surface area contributed by atoms with Crippen LogP contribution in [-0.2, 0) is 6.54 Å². The van der Waals surface area contributed by atoms with Gasteiger partial charge in [0.15, 0.2) is 0 Å². The molecule has 20 heavy (non-hydrogen) atoms. The van der Waals surface area contributed by atoms with Gasteiger partial charge in [-0.25, -0.2) is 0 Å². The molecule has 2 nitrogen and oxygen atoms in total. The molecule has 0 bridgehead atoms. The lowest BCUT2D eigenvalue weighted by atomic mass is 9.93. The summed E-state index contributed by atoms with van der Waals surface area (Å²) in [5.74, 6) is 1.72. The Hall–Kier alpha value is 0.1000. The van der Waals surface area contributed by atoms with Gasteiger partial charge in [-0.3, -0.25) is 4.90 Å². The lowest BCUT2D eigenvalue weighted by Gasteiger charge is -2.43. The van der Waals surface area contributed by atoms with Crippen LogP contribution in [0, 0.1) is 11.8 Å². The molecule has 1 aromatic heterocycles. The minimum absolute atomic E-state index is 0.691. The molecule has 0 amide bonds. The Morgan fingerprint density at radius 2 is 2.30 bits per heavy atom. The maximum atomic E-state index is 3.82. The normalized spacial score (nSPS) is 29.6. The number of hydrogen-bond acceptors (Lipinski definition) is 3. The summed E-state index contributed by atoms with van der Waals surface area (Å²) in [6.45, 7) is 8.24. The molecule has 1 saturated carbocycles. The number of piperazine rings is 1. The molecule has 1 aliphatic heterocycles. The molecule has 3 atom stereocenters. The van der Waals surface area contributed by atoms with E-state index in [1.807, 2.05) is 11.3 Å². The number of nitrogens with one attached hydrogen (secondary N) is 1. The molecule has 112 valence electrons. The van der Waals surface area contributed by atoms with E-state index in [9.17, 15) is 0 Å². The number of thiophene rings is 1. The van der Waals surface area contributed by atoms with E-state index in [1.165, 1.54) is 41.7 Å². The first-order valence-corrected chi connectivity index (χ1v) is 9.55. The van der Waals surface area contributed by atoms with E-state index in [1.54, 1.807) is 0 Å². The molecule has 0 spiro atoms. The largest absolute Gasteiger partial charge is 0.311 e. The van der Waals surface area contributed by atoms with Crippen molar-refractivity contribution in [2.24, 2.45) is 11.8 Å². The summed E-state index contributed by atoms with van der Waals surface area (Å²) in [6.07, 6.45) is 4.14.